The number of nitrogens with zero attached hydrogens (tertiary/aromatic N) is 3. The SMILES string of the molecule is Cn1nc(C(=O)N2CCSCC2)c2c1CCC(NCc1ccsc1)C2. The van der Waals surface area contributed by atoms with Crippen molar-refractivity contribution in [2.75, 3.05) is 24.6 Å². The Hall–Kier alpha value is -1.31. The molecule has 2 aromatic heterocycles. The number of carbonyl (C=O) groups is 1. The largest absolute Gasteiger partial charge is 0.336 e. The van der Waals surface area contributed by atoms with Gasteiger partial charge in [0.25, 0.3) is 5.91 Å². The fourth-order valence-corrected chi connectivity index (χ4v) is 5.28. The van der Waals surface area contributed by atoms with Crippen molar-refractivity contribution < 1.29 is 4.79 Å². The van der Waals surface area contributed by atoms with Gasteiger partial charge in [0.2, 0.25) is 0 Å². The Morgan fingerprint density at radius 2 is 2.24 bits per heavy atom. The van der Waals surface area contributed by atoms with E-state index in [0.717, 1.165) is 50.4 Å². The van der Waals surface area contributed by atoms with Crippen molar-refractivity contribution in [3.63, 3.8) is 0 Å². The number of hydrogen-bond donors (Lipinski definition) is 1. The smallest absolute Gasteiger partial charge is 0.274 e. The number of aryl methyl sites for hydroxylation is 1. The van der Waals surface area contributed by atoms with Crippen molar-refractivity contribution in [3.05, 3.63) is 39.3 Å². The zero-order valence-electron chi connectivity index (χ0n) is 14.5. The van der Waals surface area contributed by atoms with E-state index in [1.54, 1.807) is 11.3 Å². The lowest BCUT2D eigenvalue weighted by atomic mass is 9.91. The molecule has 0 bridgehead atoms. The molecule has 7 heteroatoms. The van der Waals surface area contributed by atoms with E-state index in [1.807, 2.05) is 28.4 Å². The van der Waals surface area contributed by atoms with Crippen LogP contribution >= 0.6 is 23.1 Å². The maximum Gasteiger partial charge on any atom is 0.274 e. The molecule has 1 unspecified atom stereocenters. The summed E-state index contributed by atoms with van der Waals surface area (Å²) in [5.74, 6) is 2.19. The topological polar surface area (TPSA) is 50.2 Å². The van der Waals surface area contributed by atoms with Gasteiger partial charge in [-0.05, 0) is 41.7 Å². The third-order valence-electron chi connectivity index (χ3n) is 5.13. The summed E-state index contributed by atoms with van der Waals surface area (Å²) in [6.07, 6.45) is 2.99. The molecule has 134 valence electrons. The second-order valence-corrected chi connectivity index (χ2v) is 8.76. The lowest BCUT2D eigenvalue weighted by Gasteiger charge is -2.27. The standard InChI is InChI=1S/C18H24N4OS2/c1-21-16-3-2-14(19-11-13-4-7-25-12-13)10-15(16)17(20-21)18(23)22-5-8-24-9-6-22/h4,7,12,14,19H,2-3,5-6,8-11H2,1H3. The van der Waals surface area contributed by atoms with E-state index in [2.05, 4.69) is 27.2 Å². The zero-order chi connectivity index (χ0) is 17.2. The van der Waals surface area contributed by atoms with Crippen molar-refractivity contribution in [2.45, 2.75) is 31.8 Å². The summed E-state index contributed by atoms with van der Waals surface area (Å²) in [6.45, 7) is 2.58. The molecule has 4 rings (SSSR count). The van der Waals surface area contributed by atoms with Crippen LogP contribution in [0.5, 0.6) is 0 Å². The quantitative estimate of drug-likeness (QED) is 0.890. The number of carbonyl (C=O) groups excluding carboxylic acids is 1. The monoisotopic (exact) mass is 376 g/mol. The summed E-state index contributed by atoms with van der Waals surface area (Å²) >= 11 is 3.66. The summed E-state index contributed by atoms with van der Waals surface area (Å²) in [4.78, 5) is 14.9. The summed E-state index contributed by atoms with van der Waals surface area (Å²) in [7, 11) is 1.97. The van der Waals surface area contributed by atoms with E-state index in [-0.39, 0.29) is 5.91 Å². The first-order valence-corrected chi connectivity index (χ1v) is 11.0. The Morgan fingerprint density at radius 3 is 3.00 bits per heavy atom. The van der Waals surface area contributed by atoms with Crippen LogP contribution in [-0.4, -0.2) is 51.2 Å². The van der Waals surface area contributed by atoms with Crippen LogP contribution in [0.25, 0.3) is 0 Å². The summed E-state index contributed by atoms with van der Waals surface area (Å²) in [6, 6.07) is 2.58. The van der Waals surface area contributed by atoms with Gasteiger partial charge in [0.1, 0.15) is 0 Å². The molecule has 1 aliphatic carbocycles. The number of fused-ring (bicyclic) bond motifs is 1. The molecule has 5 nitrogen and oxygen atoms in total. The van der Waals surface area contributed by atoms with Gasteiger partial charge in [-0.15, -0.1) is 0 Å². The van der Waals surface area contributed by atoms with Gasteiger partial charge in [-0.1, -0.05) is 0 Å². The minimum Gasteiger partial charge on any atom is -0.336 e. The first kappa shape index (κ1) is 17.1. The van der Waals surface area contributed by atoms with Gasteiger partial charge >= 0.3 is 0 Å². The van der Waals surface area contributed by atoms with E-state index in [9.17, 15) is 4.79 Å². The Balaban J connectivity index is 1.49. The van der Waals surface area contributed by atoms with Gasteiger partial charge in [-0.3, -0.25) is 9.48 Å². The van der Waals surface area contributed by atoms with Crippen LogP contribution in [0, 0.1) is 0 Å². The Morgan fingerprint density at radius 1 is 1.40 bits per heavy atom. The van der Waals surface area contributed by atoms with Gasteiger partial charge in [-0.2, -0.15) is 28.2 Å². The molecule has 0 spiro atoms. The third-order valence-corrected chi connectivity index (χ3v) is 6.81. The highest BCUT2D eigenvalue weighted by atomic mass is 32.2. The van der Waals surface area contributed by atoms with Crippen LogP contribution in [0.4, 0.5) is 0 Å². The second kappa shape index (κ2) is 7.51. The minimum absolute atomic E-state index is 0.121. The van der Waals surface area contributed by atoms with E-state index in [4.69, 9.17) is 0 Å². The molecule has 1 aliphatic heterocycles. The van der Waals surface area contributed by atoms with Gasteiger partial charge < -0.3 is 10.2 Å². The molecular weight excluding hydrogens is 352 g/mol. The van der Waals surface area contributed by atoms with Crippen molar-refractivity contribution >= 4 is 29.0 Å². The van der Waals surface area contributed by atoms with Crippen LogP contribution < -0.4 is 5.32 Å². The van der Waals surface area contributed by atoms with Crippen molar-refractivity contribution in [1.29, 1.82) is 0 Å². The maximum absolute atomic E-state index is 13.0. The molecule has 0 radical (unpaired) electrons. The number of rotatable bonds is 4. The number of thiophene rings is 1. The van der Waals surface area contributed by atoms with E-state index in [0.29, 0.717) is 11.7 Å². The molecular formula is C18H24N4OS2. The predicted molar refractivity (Wildman–Crippen MR) is 103 cm³/mol. The molecule has 0 saturated carbocycles. The van der Waals surface area contributed by atoms with Gasteiger partial charge in [0, 0.05) is 55.5 Å². The molecule has 1 amide bonds. The van der Waals surface area contributed by atoms with Gasteiger partial charge in [-0.25, -0.2) is 0 Å². The first-order valence-electron chi connectivity index (χ1n) is 8.88. The Bertz CT molecular complexity index is 735. The Labute approximate surface area is 156 Å². The molecule has 2 aromatic rings. The van der Waals surface area contributed by atoms with E-state index < -0.39 is 0 Å². The van der Waals surface area contributed by atoms with Crippen LogP contribution in [-0.2, 0) is 26.4 Å². The zero-order valence-corrected chi connectivity index (χ0v) is 16.2. The van der Waals surface area contributed by atoms with Crippen molar-refractivity contribution in [3.8, 4) is 0 Å². The van der Waals surface area contributed by atoms with E-state index >= 15 is 0 Å². The van der Waals surface area contributed by atoms with Crippen LogP contribution in [0.3, 0.4) is 0 Å². The number of nitrogens with one attached hydrogen (secondary N) is 1. The highest BCUT2D eigenvalue weighted by molar-refractivity contribution is 7.99. The maximum atomic E-state index is 13.0. The first-order chi connectivity index (χ1) is 12.2. The fourth-order valence-electron chi connectivity index (χ4n) is 3.71. The molecule has 1 atom stereocenters. The van der Waals surface area contributed by atoms with Crippen molar-refractivity contribution in [2.24, 2.45) is 7.05 Å². The van der Waals surface area contributed by atoms with Crippen molar-refractivity contribution in [1.82, 2.24) is 20.0 Å². The van der Waals surface area contributed by atoms with Gasteiger partial charge in [0.05, 0.1) is 0 Å². The highest BCUT2D eigenvalue weighted by Gasteiger charge is 2.30. The fraction of sp³-hybridized carbons (Fsp3) is 0.556. The molecule has 1 N–H and O–H groups in total. The molecule has 25 heavy (non-hydrogen) atoms. The highest BCUT2D eigenvalue weighted by Crippen LogP contribution is 2.26. The number of amides is 1. The van der Waals surface area contributed by atoms with E-state index in [1.165, 1.54) is 16.8 Å². The normalized spacial score (nSPS) is 20.5. The van der Waals surface area contributed by atoms with Crippen LogP contribution in [0.2, 0.25) is 0 Å². The second-order valence-electron chi connectivity index (χ2n) is 6.75. The number of hydrogen-bond acceptors (Lipinski definition) is 5. The average molecular weight is 377 g/mol. The van der Waals surface area contributed by atoms with Gasteiger partial charge in [0.15, 0.2) is 5.69 Å². The molecule has 2 aliphatic rings. The third kappa shape index (κ3) is 3.64. The molecule has 0 aromatic carbocycles. The minimum atomic E-state index is 0.121. The summed E-state index contributed by atoms with van der Waals surface area (Å²) < 4.78 is 1.93. The average Bonchev–Trinajstić information content (AvgIpc) is 3.28. The predicted octanol–water partition coefficient (Wildman–Crippen LogP) is 2.32. The summed E-state index contributed by atoms with van der Waals surface area (Å²) in [5, 5.41) is 12.6. The summed E-state index contributed by atoms with van der Waals surface area (Å²) in [5.41, 5.74) is 4.43. The lowest BCUT2D eigenvalue weighted by Crippen LogP contribution is -2.39. The molecule has 1 fully saturated rings. The Kier molecular flexibility index (Phi) is 5.15. The number of aromatic nitrogens is 2. The molecule has 3 heterocycles. The lowest BCUT2D eigenvalue weighted by molar-refractivity contribution is 0.0764. The molecule has 1 saturated heterocycles. The van der Waals surface area contributed by atoms with Crippen LogP contribution in [0.15, 0.2) is 16.8 Å². The number of thioether (sulfide) groups is 1. The van der Waals surface area contributed by atoms with Crippen LogP contribution in [0.1, 0.15) is 33.7 Å².